The predicted molar refractivity (Wildman–Crippen MR) is 154 cm³/mol. The summed E-state index contributed by atoms with van der Waals surface area (Å²) < 4.78 is 72.4. The van der Waals surface area contributed by atoms with Crippen LogP contribution in [0, 0.1) is 11.6 Å². The number of hydrogen-bond donors (Lipinski definition) is 3. The van der Waals surface area contributed by atoms with Crippen LogP contribution in [0.5, 0.6) is 0 Å². The fourth-order valence-electron chi connectivity index (χ4n) is 5.03. The number of carbonyl (C=O) groups is 2. The second kappa shape index (κ2) is 12.1. The number of amides is 1. The molecule has 0 aliphatic rings. The number of rotatable bonds is 9. The van der Waals surface area contributed by atoms with E-state index in [1.165, 1.54) is 65.9 Å². The number of carboxylic acid groups (broad SMARTS) is 1. The molecule has 0 aliphatic carbocycles. The number of halogens is 5. The summed E-state index contributed by atoms with van der Waals surface area (Å²) in [5.41, 5.74) is -2.43. The number of alkyl halides is 3. The summed E-state index contributed by atoms with van der Waals surface area (Å²) in [5, 5.41) is 14.1. The van der Waals surface area contributed by atoms with Crippen LogP contribution < -0.4 is 21.9 Å². The molecule has 5 rings (SSSR count). The quantitative estimate of drug-likeness (QED) is 0.207. The molecule has 0 aliphatic heterocycles. The molecule has 2 atom stereocenters. The van der Waals surface area contributed by atoms with Crippen molar-refractivity contribution >= 4 is 34.1 Å². The van der Waals surface area contributed by atoms with Crippen LogP contribution in [0.3, 0.4) is 0 Å². The zero-order valence-corrected chi connectivity index (χ0v) is 24.0. The van der Waals surface area contributed by atoms with Gasteiger partial charge in [0.1, 0.15) is 29.3 Å². The summed E-state index contributed by atoms with van der Waals surface area (Å²) in [4.78, 5) is 59.6. The Hall–Kier alpha value is -5.61. The van der Waals surface area contributed by atoms with Crippen LogP contribution in [-0.4, -0.2) is 58.7 Å². The molecule has 12 nitrogen and oxygen atoms in total. The average molecular weight is 646 g/mol. The SMILES string of the molecule is CC[C@@H](Nc1cc(F)c(C(=O)N[C@@H](Cc2ccc(-n3c(=O)c4ccncc4n(C)c3=O)c3nccn23)C(=O)O)c(F)c1)C(F)(F)F. The third-order valence-corrected chi connectivity index (χ3v) is 7.36. The molecule has 0 fully saturated rings. The van der Waals surface area contributed by atoms with Gasteiger partial charge in [0.2, 0.25) is 0 Å². The number of imidazole rings is 1. The molecule has 5 aromatic rings. The molecule has 4 aromatic heterocycles. The number of aryl methyl sites for hydroxylation is 1. The summed E-state index contributed by atoms with van der Waals surface area (Å²) in [6.45, 7) is 1.22. The van der Waals surface area contributed by atoms with Gasteiger partial charge in [0.05, 0.1) is 22.8 Å². The van der Waals surface area contributed by atoms with Gasteiger partial charge in [0.15, 0.2) is 5.65 Å². The van der Waals surface area contributed by atoms with Gasteiger partial charge in [-0.1, -0.05) is 6.92 Å². The van der Waals surface area contributed by atoms with E-state index < -0.39 is 77.1 Å². The van der Waals surface area contributed by atoms with Crippen molar-refractivity contribution in [1.29, 1.82) is 0 Å². The van der Waals surface area contributed by atoms with Gasteiger partial charge in [-0.2, -0.15) is 13.2 Å². The molecule has 0 radical (unpaired) electrons. The normalized spacial score (nSPS) is 13.1. The summed E-state index contributed by atoms with van der Waals surface area (Å²) >= 11 is 0. The monoisotopic (exact) mass is 645 g/mol. The average Bonchev–Trinajstić information content (AvgIpc) is 3.49. The van der Waals surface area contributed by atoms with Crippen LogP contribution in [-0.2, 0) is 18.3 Å². The van der Waals surface area contributed by atoms with E-state index in [1.54, 1.807) is 0 Å². The molecule has 0 unspecified atom stereocenters. The zero-order valence-electron chi connectivity index (χ0n) is 24.0. The maximum absolute atomic E-state index is 14.8. The standard InChI is InChI=1S/C29H24F5N7O5/c1-3-22(29(32,33)34)37-14-10-17(30)23(18(31)11-14)25(42)38-19(27(44)45)12-15-4-5-20(24-36-8-9-40(15)24)41-26(43)16-6-7-35-13-21(16)39(2)28(41)46/h4-11,13,19,22,37H,3,12H2,1-2H3,(H,38,42)(H,44,45)/t19-,22+/m0/s1. The first kappa shape index (κ1) is 31.8. The highest BCUT2D eigenvalue weighted by atomic mass is 19.4. The van der Waals surface area contributed by atoms with E-state index >= 15 is 0 Å². The van der Waals surface area contributed by atoms with Crippen molar-refractivity contribution in [2.24, 2.45) is 7.05 Å². The molecule has 3 N–H and O–H groups in total. The second-order valence-corrected chi connectivity index (χ2v) is 10.2. The van der Waals surface area contributed by atoms with Crippen LogP contribution >= 0.6 is 0 Å². The molecule has 1 aromatic carbocycles. The Morgan fingerprint density at radius 1 is 1.07 bits per heavy atom. The smallest absolute Gasteiger partial charge is 0.408 e. The highest BCUT2D eigenvalue weighted by Gasteiger charge is 2.38. The molecule has 0 saturated heterocycles. The maximum atomic E-state index is 14.8. The highest BCUT2D eigenvalue weighted by molar-refractivity contribution is 5.97. The second-order valence-electron chi connectivity index (χ2n) is 10.2. The van der Waals surface area contributed by atoms with Gasteiger partial charge in [-0.05, 0) is 36.8 Å². The Balaban J connectivity index is 1.45. The van der Waals surface area contributed by atoms with E-state index in [0.29, 0.717) is 17.6 Å². The van der Waals surface area contributed by atoms with Crippen molar-refractivity contribution in [1.82, 2.24) is 28.8 Å². The van der Waals surface area contributed by atoms with Crippen molar-refractivity contribution in [3.63, 3.8) is 0 Å². The molecule has 0 spiro atoms. The lowest BCUT2D eigenvalue weighted by Gasteiger charge is -2.22. The lowest BCUT2D eigenvalue weighted by atomic mass is 10.1. The number of carbonyl (C=O) groups excluding carboxylic acids is 1. The largest absolute Gasteiger partial charge is 0.480 e. The van der Waals surface area contributed by atoms with Gasteiger partial charge in [-0.3, -0.25) is 19.1 Å². The molecule has 0 bridgehead atoms. The lowest BCUT2D eigenvalue weighted by Crippen LogP contribution is -2.43. The van der Waals surface area contributed by atoms with E-state index in [9.17, 15) is 46.2 Å². The van der Waals surface area contributed by atoms with Gasteiger partial charge in [-0.15, -0.1) is 0 Å². The van der Waals surface area contributed by atoms with Crippen molar-refractivity contribution in [2.75, 3.05) is 5.32 Å². The third kappa shape index (κ3) is 5.78. The molecule has 0 saturated carbocycles. The van der Waals surface area contributed by atoms with Crippen LogP contribution in [0.4, 0.5) is 27.6 Å². The minimum atomic E-state index is -4.70. The van der Waals surface area contributed by atoms with E-state index in [-0.39, 0.29) is 22.4 Å². The molecular formula is C29H24F5N7O5. The summed E-state index contributed by atoms with van der Waals surface area (Å²) in [6, 6.07) is 1.36. The predicted octanol–water partition coefficient (Wildman–Crippen LogP) is 3.19. The number of aliphatic carboxylic acids is 1. The van der Waals surface area contributed by atoms with Gasteiger partial charge in [0, 0.05) is 43.4 Å². The van der Waals surface area contributed by atoms with Crippen LogP contribution in [0.1, 0.15) is 29.4 Å². The van der Waals surface area contributed by atoms with Crippen molar-refractivity contribution < 1.29 is 36.6 Å². The highest BCUT2D eigenvalue weighted by Crippen LogP contribution is 2.28. The number of pyridine rings is 2. The molecular weight excluding hydrogens is 621 g/mol. The Kier molecular flexibility index (Phi) is 8.34. The minimum Gasteiger partial charge on any atom is -0.480 e. The minimum absolute atomic E-state index is 0.0719. The number of fused-ring (bicyclic) bond motifs is 2. The molecule has 17 heteroatoms. The number of nitrogens with zero attached hydrogens (tertiary/aromatic N) is 5. The first-order chi connectivity index (χ1) is 21.7. The van der Waals surface area contributed by atoms with Crippen molar-refractivity contribution in [3.05, 3.63) is 98.8 Å². The number of carboxylic acids is 1. The van der Waals surface area contributed by atoms with E-state index in [0.717, 1.165) is 4.57 Å². The fourth-order valence-corrected chi connectivity index (χ4v) is 5.03. The Labute approximate surface area is 254 Å². The van der Waals surface area contributed by atoms with Crippen molar-refractivity contribution in [2.45, 2.75) is 38.0 Å². The number of aromatic nitrogens is 5. The number of hydrogen-bond acceptors (Lipinski definition) is 7. The number of nitrogens with one attached hydrogen (secondary N) is 2. The lowest BCUT2D eigenvalue weighted by molar-refractivity contribution is -0.143. The first-order valence-electron chi connectivity index (χ1n) is 13.6. The van der Waals surface area contributed by atoms with Gasteiger partial charge >= 0.3 is 17.8 Å². The van der Waals surface area contributed by atoms with E-state index in [4.69, 9.17) is 0 Å². The number of anilines is 1. The Morgan fingerprint density at radius 2 is 1.76 bits per heavy atom. The topological polar surface area (TPSA) is 153 Å². The van der Waals surface area contributed by atoms with E-state index in [1.807, 2.05) is 10.6 Å². The van der Waals surface area contributed by atoms with E-state index in [2.05, 4.69) is 9.97 Å². The third-order valence-electron chi connectivity index (χ3n) is 7.36. The van der Waals surface area contributed by atoms with Crippen LogP contribution in [0.25, 0.3) is 22.2 Å². The molecule has 240 valence electrons. The van der Waals surface area contributed by atoms with Gasteiger partial charge in [0.25, 0.3) is 11.5 Å². The zero-order chi connectivity index (χ0) is 33.5. The first-order valence-corrected chi connectivity index (χ1v) is 13.6. The Morgan fingerprint density at radius 3 is 2.39 bits per heavy atom. The fraction of sp³-hybridized carbons (Fsp3) is 0.241. The Bertz CT molecular complexity index is 2100. The van der Waals surface area contributed by atoms with Gasteiger partial charge in [-0.25, -0.2) is 27.9 Å². The molecule has 46 heavy (non-hydrogen) atoms. The van der Waals surface area contributed by atoms with Crippen LogP contribution in [0.15, 0.2) is 64.7 Å². The summed E-state index contributed by atoms with van der Waals surface area (Å²) in [6.07, 6.45) is -0.0691. The maximum Gasteiger partial charge on any atom is 0.408 e. The summed E-state index contributed by atoms with van der Waals surface area (Å²) in [7, 11) is 1.46. The van der Waals surface area contributed by atoms with Crippen molar-refractivity contribution in [3.8, 4) is 5.69 Å². The van der Waals surface area contributed by atoms with Gasteiger partial charge < -0.3 is 20.1 Å². The number of benzene rings is 1. The molecule has 1 amide bonds. The summed E-state index contributed by atoms with van der Waals surface area (Å²) in [5.74, 6) is -6.06. The molecule has 4 heterocycles. The van der Waals surface area contributed by atoms with Crippen LogP contribution in [0.2, 0.25) is 0 Å².